The molecule has 9 heteroatoms. The van der Waals surface area contributed by atoms with E-state index in [1.807, 2.05) is 12.1 Å². The first-order valence-electron chi connectivity index (χ1n) is 17.6. The lowest BCUT2D eigenvalue weighted by Crippen LogP contribution is -2.67. The van der Waals surface area contributed by atoms with E-state index in [2.05, 4.69) is 86.6 Å². The summed E-state index contributed by atoms with van der Waals surface area (Å²) in [5, 5.41) is 27.4. The van der Waals surface area contributed by atoms with Crippen molar-refractivity contribution in [3.05, 3.63) is 84.1 Å². The number of piperidine rings is 1. The molecule has 256 valence electrons. The number of aliphatic hydroxyl groups excluding tert-OH is 1. The molecule has 2 N–H and O–H groups in total. The molecule has 0 atom stereocenters. The molecule has 1 saturated heterocycles. The lowest BCUT2D eigenvalue weighted by atomic mass is 9.88. The van der Waals surface area contributed by atoms with Gasteiger partial charge in [-0.2, -0.15) is 0 Å². The summed E-state index contributed by atoms with van der Waals surface area (Å²) < 4.78 is 19.5. The highest BCUT2D eigenvalue weighted by molar-refractivity contribution is 6.99. The van der Waals surface area contributed by atoms with Crippen molar-refractivity contribution in [3.63, 3.8) is 0 Å². The van der Waals surface area contributed by atoms with Gasteiger partial charge in [-0.05, 0) is 90.7 Å². The summed E-state index contributed by atoms with van der Waals surface area (Å²) in [4.78, 5) is 12.7. The van der Waals surface area contributed by atoms with Gasteiger partial charge in [-0.25, -0.2) is 4.79 Å². The van der Waals surface area contributed by atoms with Crippen molar-refractivity contribution < 1.29 is 28.7 Å². The fourth-order valence-corrected chi connectivity index (χ4v) is 12.6. The number of hydrogen-bond donors (Lipinski definition) is 2. The van der Waals surface area contributed by atoms with Gasteiger partial charge < -0.3 is 28.8 Å². The van der Waals surface area contributed by atoms with Gasteiger partial charge >= 0.3 is 6.09 Å². The van der Waals surface area contributed by atoms with E-state index >= 15 is 0 Å². The van der Waals surface area contributed by atoms with Crippen LogP contribution in [0, 0.1) is 11.8 Å². The van der Waals surface area contributed by atoms with Crippen molar-refractivity contribution in [1.82, 2.24) is 10.1 Å². The molecule has 1 aliphatic carbocycles. The topological polar surface area (TPSA) is 105 Å². The molecule has 2 aliphatic rings. The Bertz CT molecular complexity index is 1600. The van der Waals surface area contributed by atoms with E-state index in [4.69, 9.17) is 13.7 Å². The van der Waals surface area contributed by atoms with Crippen LogP contribution in [0.15, 0.2) is 77.3 Å². The van der Waals surface area contributed by atoms with Crippen molar-refractivity contribution in [2.45, 2.75) is 89.9 Å². The maximum absolute atomic E-state index is 11.2. The Labute approximate surface area is 285 Å². The maximum Gasteiger partial charge on any atom is 0.407 e. The molecule has 3 aromatic carbocycles. The molecule has 0 bridgehead atoms. The Hall–Kier alpha value is -3.66. The Morgan fingerprint density at radius 2 is 1.52 bits per heavy atom. The molecule has 0 unspecified atom stereocenters. The van der Waals surface area contributed by atoms with E-state index in [1.165, 1.54) is 15.3 Å². The van der Waals surface area contributed by atoms with E-state index in [0.717, 1.165) is 62.4 Å². The fraction of sp³-hybridized carbons (Fsp3) is 0.487. The van der Waals surface area contributed by atoms with Crippen LogP contribution >= 0.6 is 0 Å². The fourth-order valence-electron chi connectivity index (χ4n) is 7.88. The number of amides is 1. The number of ether oxygens (including phenoxy) is 1. The molecule has 4 aromatic rings. The number of fused-ring (bicyclic) bond motifs is 1. The number of aromatic nitrogens is 1. The number of rotatable bonds is 11. The van der Waals surface area contributed by atoms with Crippen molar-refractivity contribution in [2.24, 2.45) is 11.8 Å². The number of benzene rings is 3. The average molecular weight is 671 g/mol. The third-order valence-corrected chi connectivity index (χ3v) is 15.7. The third-order valence-electron chi connectivity index (χ3n) is 10.6. The quantitative estimate of drug-likeness (QED) is 0.163. The average Bonchev–Trinajstić information content (AvgIpc) is 3.52. The molecular formula is C39H50N2O6Si. The van der Waals surface area contributed by atoms with E-state index < -0.39 is 14.4 Å². The standard InChI is InChI=1S/C39H50N2O6Si/c1-39(2,3)48(31-10-6-4-7-11-31,32-12-8-5-9-13-32)47-30-17-14-29(15-18-30)27-45-36-21-19-33-35(40-46-37(33)34(36)26-42)20-16-28-22-24-41(25-23-28)38(43)44/h4-13,19,21,28-30,42H,14-18,20,22-27H2,1-3H3,(H,43,44). The molecule has 48 heavy (non-hydrogen) atoms. The highest BCUT2D eigenvalue weighted by Gasteiger charge is 2.51. The Morgan fingerprint density at radius 1 is 0.896 bits per heavy atom. The second kappa shape index (κ2) is 14.8. The number of aryl methyl sites for hydroxylation is 1. The summed E-state index contributed by atoms with van der Waals surface area (Å²) in [6, 6.07) is 25.7. The molecule has 1 aliphatic heterocycles. The highest BCUT2D eigenvalue weighted by Crippen LogP contribution is 2.40. The first kappa shape index (κ1) is 34.2. The highest BCUT2D eigenvalue weighted by atomic mass is 28.4. The zero-order valence-corrected chi connectivity index (χ0v) is 29.6. The van der Waals surface area contributed by atoms with Crippen molar-refractivity contribution in [3.8, 4) is 5.75 Å². The first-order chi connectivity index (χ1) is 23.2. The minimum Gasteiger partial charge on any atom is -0.493 e. The molecule has 1 aromatic heterocycles. The van der Waals surface area contributed by atoms with Gasteiger partial charge in [0.15, 0.2) is 5.58 Å². The summed E-state index contributed by atoms with van der Waals surface area (Å²) in [6.45, 7) is 8.57. The molecule has 8 nitrogen and oxygen atoms in total. The summed E-state index contributed by atoms with van der Waals surface area (Å²) in [6.07, 6.45) is 6.82. The minimum atomic E-state index is -2.59. The van der Waals surface area contributed by atoms with E-state index in [1.54, 1.807) is 0 Å². The molecule has 0 spiro atoms. The monoisotopic (exact) mass is 670 g/mol. The van der Waals surface area contributed by atoms with E-state index in [0.29, 0.717) is 48.4 Å². The van der Waals surface area contributed by atoms with Gasteiger partial charge in [-0.1, -0.05) is 86.6 Å². The van der Waals surface area contributed by atoms with Gasteiger partial charge in [-0.3, -0.25) is 0 Å². The van der Waals surface area contributed by atoms with Crippen LogP contribution in [0.3, 0.4) is 0 Å². The predicted octanol–water partition coefficient (Wildman–Crippen LogP) is 7.16. The van der Waals surface area contributed by atoms with Crippen LogP contribution < -0.4 is 15.1 Å². The van der Waals surface area contributed by atoms with Gasteiger partial charge in [0.1, 0.15) is 5.75 Å². The second-order valence-corrected chi connectivity index (χ2v) is 18.9. The zero-order valence-electron chi connectivity index (χ0n) is 28.6. The van der Waals surface area contributed by atoms with Gasteiger partial charge in [0.05, 0.1) is 24.5 Å². The summed E-state index contributed by atoms with van der Waals surface area (Å²) in [5.41, 5.74) is 2.11. The van der Waals surface area contributed by atoms with Crippen LogP contribution in [0.5, 0.6) is 5.75 Å². The molecular weight excluding hydrogens is 621 g/mol. The Balaban J connectivity index is 1.07. The Kier molecular flexibility index (Phi) is 10.6. The molecule has 6 rings (SSSR count). The summed E-state index contributed by atoms with van der Waals surface area (Å²) in [5.74, 6) is 1.53. The normalized spacial score (nSPS) is 19.5. The number of carbonyl (C=O) groups is 1. The van der Waals surface area contributed by atoms with Crippen LogP contribution in [-0.4, -0.2) is 60.5 Å². The summed E-state index contributed by atoms with van der Waals surface area (Å²) >= 11 is 0. The van der Waals surface area contributed by atoms with Gasteiger partial charge in [0.2, 0.25) is 0 Å². The molecule has 1 amide bonds. The first-order valence-corrected chi connectivity index (χ1v) is 19.5. The van der Waals surface area contributed by atoms with Crippen LogP contribution in [0.25, 0.3) is 11.0 Å². The zero-order chi connectivity index (χ0) is 33.7. The maximum atomic E-state index is 11.2. The summed E-state index contributed by atoms with van der Waals surface area (Å²) in [7, 11) is -2.59. The molecule has 1 saturated carbocycles. The minimum absolute atomic E-state index is 0.0463. The predicted molar refractivity (Wildman–Crippen MR) is 191 cm³/mol. The van der Waals surface area contributed by atoms with E-state index in [-0.39, 0.29) is 17.7 Å². The molecule has 2 fully saturated rings. The van der Waals surface area contributed by atoms with E-state index in [9.17, 15) is 15.0 Å². The van der Waals surface area contributed by atoms with Crippen LogP contribution in [-0.2, 0) is 17.5 Å². The third kappa shape index (κ3) is 7.19. The number of likely N-dealkylation sites (tertiary alicyclic amines) is 1. The van der Waals surface area contributed by atoms with Crippen LogP contribution in [0.4, 0.5) is 4.79 Å². The van der Waals surface area contributed by atoms with Crippen molar-refractivity contribution >= 4 is 35.8 Å². The molecule has 2 heterocycles. The smallest absolute Gasteiger partial charge is 0.407 e. The van der Waals surface area contributed by atoms with Crippen LogP contribution in [0.2, 0.25) is 5.04 Å². The lowest BCUT2D eigenvalue weighted by molar-refractivity contribution is 0.101. The second-order valence-electron chi connectivity index (χ2n) is 14.7. The SMILES string of the molecule is CC(C)(C)[Si](OC1CCC(COc2ccc3c(CCC4CCN(C(=O)O)CC4)noc3c2CO)CC1)(c1ccccc1)c1ccccc1. The van der Waals surface area contributed by atoms with Crippen LogP contribution in [0.1, 0.15) is 77.0 Å². The van der Waals surface area contributed by atoms with Gasteiger partial charge in [0, 0.05) is 24.6 Å². The number of aliphatic hydroxyl groups is 1. The molecule has 0 radical (unpaired) electrons. The number of carboxylic acid groups (broad SMARTS) is 1. The van der Waals surface area contributed by atoms with Gasteiger partial charge in [-0.15, -0.1) is 0 Å². The van der Waals surface area contributed by atoms with Crippen molar-refractivity contribution in [1.29, 1.82) is 0 Å². The largest absolute Gasteiger partial charge is 0.493 e. The lowest BCUT2D eigenvalue weighted by Gasteiger charge is -2.46. The van der Waals surface area contributed by atoms with Gasteiger partial charge in [0.25, 0.3) is 8.32 Å². The number of hydrogen-bond acceptors (Lipinski definition) is 6. The Morgan fingerprint density at radius 3 is 2.08 bits per heavy atom. The van der Waals surface area contributed by atoms with Crippen molar-refractivity contribution in [2.75, 3.05) is 19.7 Å². The number of nitrogens with zero attached hydrogens (tertiary/aromatic N) is 2.